The van der Waals surface area contributed by atoms with Gasteiger partial charge in [-0.2, -0.15) is 0 Å². The lowest BCUT2D eigenvalue weighted by Crippen LogP contribution is -2.41. The molecule has 1 unspecified atom stereocenters. The number of halogens is 1. The van der Waals surface area contributed by atoms with Crippen LogP contribution in [0.15, 0.2) is 12.1 Å². The minimum Gasteiger partial charge on any atom is -0.444 e. The summed E-state index contributed by atoms with van der Waals surface area (Å²) in [7, 11) is 1.66. The standard InChI is InChI=1S/C11H21NO3.C5H4ClNOS/c1-11(2,3)15-10(13)12-7-5-6-9(12)8-14-4;6-4-2-1-3(9-4)5(7)8/h9H,5-8H2,1-4H3;1-2H,(H2,7,8). The van der Waals surface area contributed by atoms with E-state index in [0.717, 1.165) is 19.4 Å². The van der Waals surface area contributed by atoms with Gasteiger partial charge in [-0.1, -0.05) is 11.6 Å². The molecule has 6 nitrogen and oxygen atoms in total. The van der Waals surface area contributed by atoms with E-state index in [1.165, 1.54) is 11.3 Å². The SMILES string of the molecule is COCC1CCCN1C(=O)OC(C)(C)C.NC(=O)c1ccc(Cl)s1. The maximum atomic E-state index is 11.8. The van der Waals surface area contributed by atoms with E-state index in [1.807, 2.05) is 20.8 Å². The normalized spacial score (nSPS) is 17.2. The second-order valence-corrected chi connectivity index (χ2v) is 8.11. The van der Waals surface area contributed by atoms with Gasteiger partial charge in [0.25, 0.3) is 5.91 Å². The predicted octanol–water partition coefficient (Wildman–Crippen LogP) is 3.53. The van der Waals surface area contributed by atoms with Gasteiger partial charge in [-0.05, 0) is 45.7 Å². The molecule has 1 aromatic rings. The molecule has 0 radical (unpaired) electrons. The Hall–Kier alpha value is -1.31. The molecule has 136 valence electrons. The molecule has 1 aliphatic heterocycles. The van der Waals surface area contributed by atoms with Crippen molar-refractivity contribution in [3.05, 3.63) is 21.3 Å². The quantitative estimate of drug-likeness (QED) is 0.874. The number of ether oxygens (including phenoxy) is 2. The zero-order valence-corrected chi connectivity index (χ0v) is 16.1. The number of carbonyl (C=O) groups is 2. The molecular formula is C16H25ClN2O4S. The highest BCUT2D eigenvalue weighted by Crippen LogP contribution is 2.21. The lowest BCUT2D eigenvalue weighted by atomic mass is 10.2. The first-order valence-corrected chi connectivity index (χ1v) is 8.87. The number of hydrogen-bond donors (Lipinski definition) is 1. The fraction of sp³-hybridized carbons (Fsp3) is 0.625. The molecule has 0 saturated carbocycles. The molecule has 8 heteroatoms. The zero-order valence-electron chi connectivity index (χ0n) is 14.5. The minimum atomic E-state index is -0.424. The topological polar surface area (TPSA) is 81.9 Å². The summed E-state index contributed by atoms with van der Waals surface area (Å²) in [5.41, 5.74) is 4.52. The van der Waals surface area contributed by atoms with Crippen LogP contribution in [-0.2, 0) is 9.47 Å². The summed E-state index contributed by atoms with van der Waals surface area (Å²) in [6.07, 6.45) is 1.82. The average molecular weight is 377 g/mol. The molecule has 24 heavy (non-hydrogen) atoms. The van der Waals surface area contributed by atoms with Crippen LogP contribution in [0.1, 0.15) is 43.3 Å². The summed E-state index contributed by atoms with van der Waals surface area (Å²) >= 11 is 6.70. The molecule has 0 spiro atoms. The second-order valence-electron chi connectivity index (χ2n) is 6.39. The molecule has 2 heterocycles. The van der Waals surface area contributed by atoms with Crippen LogP contribution in [0.4, 0.5) is 4.79 Å². The number of thiophene rings is 1. The van der Waals surface area contributed by atoms with Crippen LogP contribution in [0.3, 0.4) is 0 Å². The number of nitrogens with two attached hydrogens (primary N) is 1. The highest BCUT2D eigenvalue weighted by Gasteiger charge is 2.31. The Bertz CT molecular complexity index is 557. The van der Waals surface area contributed by atoms with E-state index < -0.39 is 11.5 Å². The van der Waals surface area contributed by atoms with Gasteiger partial charge in [-0.25, -0.2) is 4.79 Å². The molecule has 0 aromatic carbocycles. The molecule has 2 rings (SSSR count). The van der Waals surface area contributed by atoms with Gasteiger partial charge in [0.15, 0.2) is 0 Å². The molecule has 1 aromatic heterocycles. The maximum absolute atomic E-state index is 11.8. The third-order valence-corrected chi connectivity index (χ3v) is 4.43. The van der Waals surface area contributed by atoms with Crippen molar-refractivity contribution in [1.29, 1.82) is 0 Å². The number of rotatable bonds is 3. The molecule has 2 N–H and O–H groups in total. The fourth-order valence-electron chi connectivity index (χ4n) is 2.21. The number of hydrogen-bond acceptors (Lipinski definition) is 5. The van der Waals surface area contributed by atoms with E-state index in [1.54, 1.807) is 24.1 Å². The molecule has 1 aliphatic rings. The highest BCUT2D eigenvalue weighted by molar-refractivity contribution is 7.17. The van der Waals surface area contributed by atoms with E-state index in [4.69, 9.17) is 26.8 Å². The zero-order chi connectivity index (χ0) is 18.3. The van der Waals surface area contributed by atoms with E-state index in [-0.39, 0.29) is 12.1 Å². The van der Waals surface area contributed by atoms with Crippen LogP contribution in [0.5, 0.6) is 0 Å². The number of methoxy groups -OCH3 is 1. The molecule has 1 fully saturated rings. The second kappa shape index (κ2) is 9.25. The van der Waals surface area contributed by atoms with Gasteiger partial charge in [-0.15, -0.1) is 11.3 Å². The Morgan fingerprint density at radius 1 is 1.42 bits per heavy atom. The first-order chi connectivity index (χ1) is 11.1. The van der Waals surface area contributed by atoms with Crippen molar-refractivity contribution < 1.29 is 19.1 Å². The van der Waals surface area contributed by atoms with Gasteiger partial charge in [0.2, 0.25) is 0 Å². The van der Waals surface area contributed by atoms with Crippen molar-refractivity contribution >= 4 is 34.9 Å². The van der Waals surface area contributed by atoms with E-state index in [9.17, 15) is 9.59 Å². The maximum Gasteiger partial charge on any atom is 0.410 e. The van der Waals surface area contributed by atoms with Gasteiger partial charge in [0.1, 0.15) is 5.60 Å². The van der Waals surface area contributed by atoms with Gasteiger partial charge >= 0.3 is 6.09 Å². The van der Waals surface area contributed by atoms with Gasteiger partial charge in [-0.3, -0.25) is 4.79 Å². The summed E-state index contributed by atoms with van der Waals surface area (Å²) in [6, 6.07) is 3.44. The van der Waals surface area contributed by atoms with Crippen LogP contribution in [-0.4, -0.2) is 48.8 Å². The number of carbonyl (C=O) groups excluding carboxylic acids is 2. The van der Waals surface area contributed by atoms with Crippen LogP contribution in [0.2, 0.25) is 4.34 Å². The summed E-state index contributed by atoms with van der Waals surface area (Å²) in [5, 5.41) is 0. The van der Waals surface area contributed by atoms with Crippen molar-refractivity contribution in [3.8, 4) is 0 Å². The molecule has 1 saturated heterocycles. The Kier molecular flexibility index (Phi) is 7.99. The molecule has 2 amide bonds. The van der Waals surface area contributed by atoms with Crippen LogP contribution in [0.25, 0.3) is 0 Å². The Morgan fingerprint density at radius 3 is 2.50 bits per heavy atom. The van der Waals surface area contributed by atoms with E-state index in [0.29, 0.717) is 15.8 Å². The largest absolute Gasteiger partial charge is 0.444 e. The summed E-state index contributed by atoms with van der Waals surface area (Å²) < 4.78 is 11.0. The van der Waals surface area contributed by atoms with Crippen LogP contribution < -0.4 is 5.73 Å². The summed E-state index contributed by atoms with van der Waals surface area (Å²) in [4.78, 5) is 24.5. The van der Waals surface area contributed by atoms with Crippen molar-refractivity contribution in [3.63, 3.8) is 0 Å². The number of amides is 2. The lowest BCUT2D eigenvalue weighted by Gasteiger charge is -2.28. The van der Waals surface area contributed by atoms with Gasteiger partial charge in [0, 0.05) is 13.7 Å². The minimum absolute atomic E-state index is 0.185. The number of nitrogens with zero attached hydrogens (tertiary/aromatic N) is 1. The average Bonchev–Trinajstić information content (AvgIpc) is 3.07. The third-order valence-electron chi connectivity index (χ3n) is 3.18. The van der Waals surface area contributed by atoms with Crippen LogP contribution >= 0.6 is 22.9 Å². The van der Waals surface area contributed by atoms with Gasteiger partial charge < -0.3 is 20.1 Å². The van der Waals surface area contributed by atoms with E-state index >= 15 is 0 Å². The first kappa shape index (κ1) is 20.7. The molecule has 0 aliphatic carbocycles. The number of likely N-dealkylation sites (tertiary alicyclic amines) is 1. The smallest absolute Gasteiger partial charge is 0.410 e. The Labute approximate surface area is 151 Å². The monoisotopic (exact) mass is 376 g/mol. The van der Waals surface area contributed by atoms with Crippen molar-refractivity contribution in [2.75, 3.05) is 20.3 Å². The number of primary amides is 1. The Balaban J connectivity index is 0.000000272. The van der Waals surface area contributed by atoms with Gasteiger partial charge in [0.05, 0.1) is 21.9 Å². The highest BCUT2D eigenvalue weighted by atomic mass is 35.5. The van der Waals surface area contributed by atoms with Crippen molar-refractivity contribution in [2.24, 2.45) is 5.73 Å². The van der Waals surface area contributed by atoms with Crippen LogP contribution in [0, 0.1) is 0 Å². The Morgan fingerprint density at radius 2 is 2.08 bits per heavy atom. The molecule has 1 atom stereocenters. The fourth-order valence-corrected chi connectivity index (χ4v) is 3.10. The van der Waals surface area contributed by atoms with Crippen molar-refractivity contribution in [2.45, 2.75) is 45.3 Å². The third kappa shape index (κ3) is 7.07. The molecular weight excluding hydrogens is 352 g/mol. The van der Waals surface area contributed by atoms with E-state index in [2.05, 4.69) is 0 Å². The lowest BCUT2D eigenvalue weighted by molar-refractivity contribution is 0.0148. The summed E-state index contributed by atoms with van der Waals surface area (Å²) in [5.74, 6) is -0.424. The summed E-state index contributed by atoms with van der Waals surface area (Å²) in [6.45, 7) is 7.02. The first-order valence-electron chi connectivity index (χ1n) is 7.67. The van der Waals surface area contributed by atoms with Crippen molar-refractivity contribution in [1.82, 2.24) is 4.90 Å². The molecule has 0 bridgehead atoms. The predicted molar refractivity (Wildman–Crippen MR) is 95.7 cm³/mol.